The average Bonchev–Trinajstić information content (AvgIpc) is 2.93. The first-order chi connectivity index (χ1) is 18.7. The summed E-state index contributed by atoms with van der Waals surface area (Å²) in [7, 11) is 0. The van der Waals surface area contributed by atoms with E-state index in [1.54, 1.807) is 0 Å². The molecule has 6 heteroatoms. The summed E-state index contributed by atoms with van der Waals surface area (Å²) in [6.07, 6.45) is 8.60. The number of hydrogen-bond donors (Lipinski definition) is 2. The molecule has 1 amide bonds. The van der Waals surface area contributed by atoms with Crippen LogP contribution in [0.15, 0.2) is 42.5 Å². The van der Waals surface area contributed by atoms with E-state index in [1.165, 1.54) is 41.6 Å². The van der Waals surface area contributed by atoms with E-state index in [4.69, 9.17) is 11.6 Å². The third kappa shape index (κ3) is 9.56. The number of rotatable bonds is 14. The molecule has 1 aliphatic rings. The van der Waals surface area contributed by atoms with Gasteiger partial charge in [-0.15, -0.1) is 0 Å². The minimum absolute atomic E-state index is 0.0904. The Kier molecular flexibility index (Phi) is 12.2. The largest absolute Gasteiger partial charge is 0.480 e. The number of amides is 1. The monoisotopic (exact) mass is 554 g/mol. The lowest BCUT2D eigenvalue weighted by Crippen LogP contribution is -2.45. The Balaban J connectivity index is 1.47. The SMILES string of the molecule is CCC(CCc1cc(CCC2CCN(c3cccc(Cl)c3)CC2)ccc1C)CC(=O)NC(C(=O)O)C(C)CC. The molecule has 3 rings (SSSR count). The number of halogens is 1. The second-order valence-electron chi connectivity index (χ2n) is 11.5. The minimum atomic E-state index is -0.954. The van der Waals surface area contributed by atoms with Crippen molar-refractivity contribution in [3.05, 3.63) is 64.2 Å². The molecular formula is C33H47ClN2O3. The summed E-state index contributed by atoms with van der Waals surface area (Å²) in [5, 5.41) is 13.1. The molecule has 1 fully saturated rings. The first-order valence-electron chi connectivity index (χ1n) is 14.8. The molecule has 0 radical (unpaired) electrons. The van der Waals surface area contributed by atoms with Gasteiger partial charge in [-0.1, -0.05) is 69.5 Å². The summed E-state index contributed by atoms with van der Waals surface area (Å²) in [6.45, 7) is 10.3. The van der Waals surface area contributed by atoms with Crippen LogP contribution in [0.3, 0.4) is 0 Å². The van der Waals surface area contributed by atoms with Gasteiger partial charge in [-0.2, -0.15) is 0 Å². The summed E-state index contributed by atoms with van der Waals surface area (Å²) >= 11 is 6.18. The predicted octanol–water partition coefficient (Wildman–Crippen LogP) is 7.46. The highest BCUT2D eigenvalue weighted by Crippen LogP contribution is 2.28. The number of benzene rings is 2. The van der Waals surface area contributed by atoms with Crippen molar-refractivity contribution in [2.75, 3.05) is 18.0 Å². The number of aryl methyl sites for hydroxylation is 3. The number of hydrogen-bond acceptors (Lipinski definition) is 3. The minimum Gasteiger partial charge on any atom is -0.480 e. The molecule has 39 heavy (non-hydrogen) atoms. The Morgan fingerprint density at radius 3 is 2.46 bits per heavy atom. The van der Waals surface area contributed by atoms with Crippen LogP contribution in [0, 0.1) is 24.7 Å². The molecule has 1 aliphatic heterocycles. The molecule has 2 aromatic carbocycles. The number of nitrogens with one attached hydrogen (secondary N) is 1. The summed E-state index contributed by atoms with van der Waals surface area (Å²) < 4.78 is 0. The number of carboxylic acid groups (broad SMARTS) is 1. The maximum absolute atomic E-state index is 12.6. The number of aliphatic carboxylic acids is 1. The highest BCUT2D eigenvalue weighted by molar-refractivity contribution is 6.30. The Hall–Kier alpha value is -2.53. The summed E-state index contributed by atoms with van der Waals surface area (Å²) in [5.74, 6) is -0.207. The molecule has 2 N–H and O–H groups in total. The Labute approximate surface area is 240 Å². The topological polar surface area (TPSA) is 69.6 Å². The standard InChI is InChI=1S/C33H47ClN2O3/c1-5-23(3)32(33(38)39)35-31(37)21-25(6-2)14-15-28-20-27(11-10-24(28)4)13-12-26-16-18-36(19-17-26)30-9-7-8-29(34)22-30/h7-11,20,22-23,25-26,32H,5-6,12-19,21H2,1-4H3,(H,35,37)(H,38,39). The van der Waals surface area contributed by atoms with Gasteiger partial charge in [0.2, 0.25) is 5.91 Å². The van der Waals surface area contributed by atoms with Gasteiger partial charge >= 0.3 is 5.97 Å². The van der Waals surface area contributed by atoms with E-state index >= 15 is 0 Å². The average molecular weight is 555 g/mol. The zero-order valence-corrected chi connectivity index (χ0v) is 25.0. The summed E-state index contributed by atoms with van der Waals surface area (Å²) in [6, 6.07) is 14.2. The van der Waals surface area contributed by atoms with Crippen molar-refractivity contribution in [2.45, 2.75) is 91.5 Å². The van der Waals surface area contributed by atoms with Gasteiger partial charge in [0.1, 0.15) is 6.04 Å². The van der Waals surface area contributed by atoms with Crippen molar-refractivity contribution in [2.24, 2.45) is 17.8 Å². The summed E-state index contributed by atoms with van der Waals surface area (Å²) in [4.78, 5) is 26.7. The molecule has 2 aromatic rings. The van der Waals surface area contributed by atoms with Crippen LogP contribution >= 0.6 is 11.6 Å². The fourth-order valence-electron chi connectivity index (χ4n) is 5.66. The molecule has 3 atom stereocenters. The van der Waals surface area contributed by atoms with Crippen LogP contribution in [0.2, 0.25) is 5.02 Å². The first-order valence-corrected chi connectivity index (χ1v) is 15.2. The maximum Gasteiger partial charge on any atom is 0.326 e. The number of carboxylic acids is 1. The van der Waals surface area contributed by atoms with Crippen molar-refractivity contribution in [1.82, 2.24) is 5.32 Å². The molecule has 0 spiro atoms. The zero-order valence-electron chi connectivity index (χ0n) is 24.2. The highest BCUT2D eigenvalue weighted by atomic mass is 35.5. The molecular weight excluding hydrogens is 508 g/mol. The number of carbonyl (C=O) groups excluding carboxylic acids is 1. The van der Waals surface area contributed by atoms with E-state index in [0.717, 1.165) is 49.7 Å². The quantitative estimate of drug-likeness (QED) is 0.254. The number of anilines is 1. The third-order valence-electron chi connectivity index (χ3n) is 8.71. The second kappa shape index (κ2) is 15.3. The lowest BCUT2D eigenvalue weighted by atomic mass is 9.88. The smallest absolute Gasteiger partial charge is 0.326 e. The van der Waals surface area contributed by atoms with Gasteiger partial charge < -0.3 is 15.3 Å². The van der Waals surface area contributed by atoms with Crippen LogP contribution in [-0.4, -0.2) is 36.1 Å². The fraction of sp³-hybridized carbons (Fsp3) is 0.576. The Bertz CT molecular complexity index is 1080. The second-order valence-corrected chi connectivity index (χ2v) is 11.9. The van der Waals surface area contributed by atoms with Crippen molar-refractivity contribution in [1.29, 1.82) is 0 Å². The number of piperidine rings is 1. The van der Waals surface area contributed by atoms with Gasteiger partial charge in [-0.3, -0.25) is 4.79 Å². The van der Waals surface area contributed by atoms with E-state index in [0.29, 0.717) is 12.8 Å². The predicted molar refractivity (Wildman–Crippen MR) is 162 cm³/mol. The molecule has 1 heterocycles. The molecule has 0 saturated carbocycles. The first kappa shape index (κ1) is 31.0. The van der Waals surface area contributed by atoms with Crippen LogP contribution < -0.4 is 10.2 Å². The van der Waals surface area contributed by atoms with Crippen LogP contribution in [0.1, 0.15) is 82.4 Å². The highest BCUT2D eigenvalue weighted by Gasteiger charge is 2.26. The van der Waals surface area contributed by atoms with E-state index < -0.39 is 12.0 Å². The Morgan fingerprint density at radius 1 is 1.08 bits per heavy atom. The van der Waals surface area contributed by atoms with E-state index in [1.807, 2.05) is 26.0 Å². The van der Waals surface area contributed by atoms with Crippen LogP contribution in [-0.2, 0) is 22.4 Å². The Morgan fingerprint density at radius 2 is 1.82 bits per heavy atom. The van der Waals surface area contributed by atoms with Crippen molar-refractivity contribution in [3.63, 3.8) is 0 Å². The molecule has 1 saturated heterocycles. The van der Waals surface area contributed by atoms with Crippen LogP contribution in [0.4, 0.5) is 5.69 Å². The molecule has 214 valence electrons. The maximum atomic E-state index is 12.6. The lowest BCUT2D eigenvalue weighted by molar-refractivity contribution is -0.143. The molecule has 0 bridgehead atoms. The van der Waals surface area contributed by atoms with E-state index in [-0.39, 0.29) is 17.7 Å². The van der Waals surface area contributed by atoms with Gasteiger partial charge in [0.15, 0.2) is 0 Å². The van der Waals surface area contributed by atoms with Crippen molar-refractivity contribution < 1.29 is 14.7 Å². The van der Waals surface area contributed by atoms with Gasteiger partial charge in [-0.05, 0) is 98.1 Å². The van der Waals surface area contributed by atoms with Crippen molar-refractivity contribution in [3.8, 4) is 0 Å². The van der Waals surface area contributed by atoms with Crippen LogP contribution in [0.25, 0.3) is 0 Å². The molecule has 0 aliphatic carbocycles. The molecule has 0 aromatic heterocycles. The fourth-order valence-corrected chi connectivity index (χ4v) is 5.85. The van der Waals surface area contributed by atoms with Crippen molar-refractivity contribution >= 4 is 29.2 Å². The van der Waals surface area contributed by atoms with E-state index in [9.17, 15) is 14.7 Å². The number of carbonyl (C=O) groups is 2. The zero-order chi connectivity index (χ0) is 28.4. The third-order valence-corrected chi connectivity index (χ3v) is 8.95. The van der Waals surface area contributed by atoms with Gasteiger partial charge in [0.05, 0.1) is 0 Å². The van der Waals surface area contributed by atoms with Gasteiger partial charge in [0.25, 0.3) is 0 Å². The molecule has 3 unspecified atom stereocenters. The lowest BCUT2D eigenvalue weighted by Gasteiger charge is -2.33. The normalized spacial score (nSPS) is 16.5. The van der Waals surface area contributed by atoms with Gasteiger partial charge in [0, 0.05) is 30.2 Å². The number of nitrogens with zero attached hydrogens (tertiary/aromatic N) is 1. The van der Waals surface area contributed by atoms with Gasteiger partial charge in [-0.25, -0.2) is 4.79 Å². The van der Waals surface area contributed by atoms with Crippen LogP contribution in [0.5, 0.6) is 0 Å². The van der Waals surface area contributed by atoms with E-state index in [2.05, 4.69) is 54.4 Å². The molecule has 5 nitrogen and oxygen atoms in total. The summed E-state index contributed by atoms with van der Waals surface area (Å²) in [5.41, 5.74) is 5.29.